The Morgan fingerprint density at radius 1 is 1.23 bits per heavy atom. The molecule has 2 fully saturated rings. The molecule has 0 saturated carbocycles. The summed E-state index contributed by atoms with van der Waals surface area (Å²) in [4.78, 5) is 28.0. The van der Waals surface area contributed by atoms with Crippen LogP contribution in [-0.2, 0) is 4.74 Å². The molecule has 0 atom stereocenters. The smallest absolute Gasteiger partial charge is 0.251 e. The van der Waals surface area contributed by atoms with Gasteiger partial charge in [0.25, 0.3) is 5.91 Å². The van der Waals surface area contributed by atoms with Crippen molar-refractivity contribution in [3.63, 3.8) is 0 Å². The molecular formula is C21H23N7O2. The molecular weight excluding hydrogens is 382 g/mol. The maximum atomic E-state index is 12.0. The number of morpholine rings is 1. The van der Waals surface area contributed by atoms with Crippen molar-refractivity contribution in [3.8, 4) is 11.3 Å². The van der Waals surface area contributed by atoms with Crippen molar-refractivity contribution in [3.05, 3.63) is 42.0 Å². The molecule has 1 spiro atoms. The van der Waals surface area contributed by atoms with Crippen LogP contribution in [0.15, 0.2) is 36.4 Å². The van der Waals surface area contributed by atoms with E-state index in [9.17, 15) is 4.79 Å². The monoisotopic (exact) mass is 405 g/mol. The number of nitrogens with zero attached hydrogens (tertiary/aromatic N) is 4. The molecule has 4 N–H and O–H groups in total. The Hall–Kier alpha value is -3.30. The van der Waals surface area contributed by atoms with Crippen LogP contribution in [-0.4, -0.2) is 66.3 Å². The van der Waals surface area contributed by atoms with Crippen molar-refractivity contribution in [2.75, 3.05) is 50.5 Å². The molecule has 3 aromatic rings. The summed E-state index contributed by atoms with van der Waals surface area (Å²) >= 11 is 0. The zero-order chi connectivity index (χ0) is 20.7. The highest BCUT2D eigenvalue weighted by molar-refractivity contribution is 5.95. The second-order valence-corrected chi connectivity index (χ2v) is 7.69. The van der Waals surface area contributed by atoms with Gasteiger partial charge in [0.2, 0.25) is 5.95 Å². The van der Waals surface area contributed by atoms with Gasteiger partial charge in [-0.25, -0.2) is 4.98 Å². The Balaban J connectivity index is 1.52. The third-order valence-corrected chi connectivity index (χ3v) is 5.65. The quantitative estimate of drug-likeness (QED) is 0.586. The van der Waals surface area contributed by atoms with Crippen LogP contribution >= 0.6 is 0 Å². The van der Waals surface area contributed by atoms with Crippen LogP contribution in [0.1, 0.15) is 10.4 Å². The fourth-order valence-corrected chi connectivity index (χ4v) is 3.92. The summed E-state index contributed by atoms with van der Waals surface area (Å²) in [6.07, 6.45) is 0. The lowest BCUT2D eigenvalue weighted by Gasteiger charge is -2.48. The van der Waals surface area contributed by atoms with E-state index in [1.165, 1.54) is 0 Å². The lowest BCUT2D eigenvalue weighted by Crippen LogP contribution is -2.69. The standard InChI is InChI=1S/C21H23N7O2/c1-23-19(29)14-4-2-3-13(9-14)16-6-5-15-17(22)26-20(27-18(15)25-16)28-7-8-30-21(12-28)10-24-11-21/h2-6,9,24H,7-8,10-12H2,1H3,(H,23,29)(H2,22,25,26,27). The van der Waals surface area contributed by atoms with Crippen LogP contribution in [0.5, 0.6) is 0 Å². The summed E-state index contributed by atoms with van der Waals surface area (Å²) in [5.74, 6) is 0.831. The van der Waals surface area contributed by atoms with Gasteiger partial charge in [0.1, 0.15) is 11.4 Å². The van der Waals surface area contributed by atoms with E-state index >= 15 is 0 Å². The first-order valence-electron chi connectivity index (χ1n) is 9.93. The highest BCUT2D eigenvalue weighted by Crippen LogP contribution is 2.28. The summed E-state index contributed by atoms with van der Waals surface area (Å²) in [7, 11) is 1.61. The molecule has 154 valence electrons. The number of carbonyl (C=O) groups excluding carboxylic acids is 1. The molecule has 0 unspecified atom stereocenters. The minimum Gasteiger partial charge on any atom is -0.383 e. The third-order valence-electron chi connectivity index (χ3n) is 5.65. The van der Waals surface area contributed by atoms with Gasteiger partial charge in [-0.2, -0.15) is 9.97 Å². The second kappa shape index (κ2) is 7.19. The lowest BCUT2D eigenvalue weighted by atomic mass is 9.95. The third kappa shape index (κ3) is 3.21. The normalized spacial score (nSPS) is 17.7. The van der Waals surface area contributed by atoms with Crippen LogP contribution in [0, 0.1) is 0 Å². The molecule has 9 heteroatoms. The Kier molecular flexibility index (Phi) is 4.48. The number of pyridine rings is 1. The molecule has 9 nitrogen and oxygen atoms in total. The number of hydrogen-bond acceptors (Lipinski definition) is 8. The molecule has 1 amide bonds. The highest BCUT2D eigenvalue weighted by atomic mass is 16.5. The van der Waals surface area contributed by atoms with E-state index in [4.69, 9.17) is 20.4 Å². The molecule has 4 heterocycles. The van der Waals surface area contributed by atoms with Gasteiger partial charge in [-0.05, 0) is 24.3 Å². The molecule has 2 aromatic heterocycles. The van der Waals surface area contributed by atoms with Gasteiger partial charge in [-0.15, -0.1) is 0 Å². The van der Waals surface area contributed by atoms with Crippen molar-refractivity contribution < 1.29 is 9.53 Å². The molecule has 30 heavy (non-hydrogen) atoms. The largest absolute Gasteiger partial charge is 0.383 e. The van der Waals surface area contributed by atoms with Crippen LogP contribution in [0.4, 0.5) is 11.8 Å². The van der Waals surface area contributed by atoms with Gasteiger partial charge >= 0.3 is 0 Å². The van der Waals surface area contributed by atoms with E-state index in [1.807, 2.05) is 30.3 Å². The summed E-state index contributed by atoms with van der Waals surface area (Å²) in [6.45, 7) is 3.72. The number of nitrogens with one attached hydrogen (secondary N) is 2. The van der Waals surface area contributed by atoms with Gasteiger partial charge in [0, 0.05) is 37.8 Å². The number of benzene rings is 1. The van der Waals surface area contributed by atoms with Gasteiger partial charge in [-0.1, -0.05) is 12.1 Å². The topological polar surface area (TPSA) is 118 Å². The summed E-state index contributed by atoms with van der Waals surface area (Å²) in [5.41, 5.74) is 8.74. The van der Waals surface area contributed by atoms with E-state index in [2.05, 4.69) is 20.5 Å². The highest BCUT2D eigenvalue weighted by Gasteiger charge is 2.42. The van der Waals surface area contributed by atoms with Crippen LogP contribution in [0.2, 0.25) is 0 Å². The fraction of sp³-hybridized carbons (Fsp3) is 0.333. The van der Waals surface area contributed by atoms with Gasteiger partial charge in [0.05, 0.1) is 24.2 Å². The second-order valence-electron chi connectivity index (χ2n) is 7.69. The van der Waals surface area contributed by atoms with Crippen LogP contribution in [0.3, 0.4) is 0 Å². The number of hydrogen-bond donors (Lipinski definition) is 3. The average Bonchev–Trinajstić information content (AvgIpc) is 2.77. The molecule has 0 aliphatic carbocycles. The van der Waals surface area contributed by atoms with Crippen molar-refractivity contribution in [2.45, 2.75) is 5.60 Å². The maximum absolute atomic E-state index is 12.0. The Morgan fingerprint density at radius 2 is 2.10 bits per heavy atom. The molecule has 2 aliphatic heterocycles. The molecule has 0 radical (unpaired) electrons. The number of amides is 1. The SMILES string of the molecule is CNC(=O)c1cccc(-c2ccc3c(N)nc(N4CCOC5(CNC5)C4)nc3n2)c1. The summed E-state index contributed by atoms with van der Waals surface area (Å²) in [5, 5.41) is 6.62. The van der Waals surface area contributed by atoms with E-state index in [-0.39, 0.29) is 11.5 Å². The number of ether oxygens (including phenoxy) is 1. The molecule has 2 aliphatic rings. The van der Waals surface area contributed by atoms with Gasteiger partial charge in [-0.3, -0.25) is 4.79 Å². The molecule has 5 rings (SSSR count). The van der Waals surface area contributed by atoms with Crippen molar-refractivity contribution in [1.29, 1.82) is 0 Å². The van der Waals surface area contributed by atoms with E-state index in [0.29, 0.717) is 41.5 Å². The van der Waals surface area contributed by atoms with E-state index in [0.717, 1.165) is 30.9 Å². The zero-order valence-electron chi connectivity index (χ0n) is 16.7. The lowest BCUT2D eigenvalue weighted by molar-refractivity contribution is -0.0885. The van der Waals surface area contributed by atoms with Crippen molar-refractivity contribution in [1.82, 2.24) is 25.6 Å². The average molecular weight is 405 g/mol. The van der Waals surface area contributed by atoms with Gasteiger partial charge < -0.3 is 26.0 Å². The van der Waals surface area contributed by atoms with Crippen molar-refractivity contribution >= 4 is 28.7 Å². The first kappa shape index (κ1) is 18.7. The van der Waals surface area contributed by atoms with Crippen LogP contribution < -0.4 is 21.3 Å². The van der Waals surface area contributed by atoms with E-state index in [1.54, 1.807) is 13.1 Å². The Labute approximate surface area is 173 Å². The number of nitrogen functional groups attached to an aromatic ring is 1. The minimum atomic E-state index is -0.166. The van der Waals surface area contributed by atoms with Crippen molar-refractivity contribution in [2.24, 2.45) is 0 Å². The molecule has 1 aromatic carbocycles. The number of nitrogens with two attached hydrogens (primary N) is 1. The predicted octanol–water partition coefficient (Wildman–Crippen LogP) is 0.812. The fourth-order valence-electron chi connectivity index (χ4n) is 3.92. The first-order valence-corrected chi connectivity index (χ1v) is 9.93. The molecule has 2 saturated heterocycles. The first-order chi connectivity index (χ1) is 14.6. The summed E-state index contributed by atoms with van der Waals surface area (Å²) < 4.78 is 5.95. The summed E-state index contributed by atoms with van der Waals surface area (Å²) in [6, 6.07) is 11.1. The minimum absolute atomic E-state index is 0.141. The number of carbonyl (C=O) groups is 1. The Bertz CT molecular complexity index is 1130. The number of aromatic nitrogens is 3. The number of rotatable bonds is 3. The maximum Gasteiger partial charge on any atom is 0.251 e. The number of fused-ring (bicyclic) bond motifs is 1. The van der Waals surface area contributed by atoms with E-state index < -0.39 is 0 Å². The number of anilines is 2. The predicted molar refractivity (Wildman–Crippen MR) is 114 cm³/mol. The Morgan fingerprint density at radius 3 is 2.87 bits per heavy atom. The van der Waals surface area contributed by atoms with Gasteiger partial charge in [0.15, 0.2) is 5.65 Å². The van der Waals surface area contributed by atoms with Crippen LogP contribution in [0.25, 0.3) is 22.3 Å². The molecule has 0 bridgehead atoms. The zero-order valence-corrected chi connectivity index (χ0v) is 16.7.